The van der Waals surface area contributed by atoms with E-state index >= 15 is 0 Å². The van der Waals surface area contributed by atoms with Gasteiger partial charge >= 0.3 is 6.03 Å². The zero-order valence-corrected chi connectivity index (χ0v) is 17.6. The van der Waals surface area contributed by atoms with Gasteiger partial charge in [-0.2, -0.15) is 11.8 Å². The van der Waals surface area contributed by atoms with Gasteiger partial charge in [-0.15, -0.1) is 12.4 Å². The normalized spacial score (nSPS) is 19.2. The molecule has 1 heterocycles. The van der Waals surface area contributed by atoms with Gasteiger partial charge in [-0.1, -0.05) is 38.5 Å². The smallest absolute Gasteiger partial charge is 0.317 e. The Labute approximate surface area is 165 Å². The minimum absolute atomic E-state index is 0. The van der Waals surface area contributed by atoms with E-state index in [9.17, 15) is 4.79 Å². The van der Waals surface area contributed by atoms with Crippen LogP contribution >= 0.6 is 24.2 Å². The maximum absolute atomic E-state index is 12.6. The van der Waals surface area contributed by atoms with Gasteiger partial charge in [-0.3, -0.25) is 0 Å². The van der Waals surface area contributed by atoms with Crippen LogP contribution in [-0.4, -0.2) is 67.1 Å². The van der Waals surface area contributed by atoms with E-state index in [2.05, 4.69) is 21.4 Å². The summed E-state index contributed by atoms with van der Waals surface area (Å²) in [6.07, 6.45) is 14.2. The largest absolute Gasteiger partial charge is 0.337 e. The molecule has 0 aromatic rings. The van der Waals surface area contributed by atoms with Crippen LogP contribution in [0.1, 0.15) is 57.8 Å². The molecule has 1 N–H and O–H groups in total. The second-order valence-corrected chi connectivity index (χ2v) is 8.39. The Morgan fingerprint density at radius 1 is 1.08 bits per heavy atom. The van der Waals surface area contributed by atoms with E-state index in [4.69, 9.17) is 0 Å². The first-order valence-electron chi connectivity index (χ1n) is 10.0. The Kier molecular flexibility index (Phi) is 12.8. The molecule has 2 amide bonds. The van der Waals surface area contributed by atoms with Crippen molar-refractivity contribution in [1.29, 1.82) is 0 Å². The number of hydrogen-bond acceptors (Lipinski definition) is 3. The first-order chi connectivity index (χ1) is 11.8. The summed E-state index contributed by atoms with van der Waals surface area (Å²) in [5.41, 5.74) is 0. The number of piperidine rings is 1. The van der Waals surface area contributed by atoms with Crippen LogP contribution in [0.2, 0.25) is 0 Å². The molecular weight excluding hydrogens is 354 g/mol. The maximum atomic E-state index is 12.6. The van der Waals surface area contributed by atoms with Crippen LogP contribution in [0.25, 0.3) is 0 Å². The molecule has 0 radical (unpaired) electrons. The Balaban J connectivity index is 0.00000312. The molecule has 6 heteroatoms. The second-order valence-electron chi connectivity index (χ2n) is 7.41. The summed E-state index contributed by atoms with van der Waals surface area (Å²) < 4.78 is 0. The van der Waals surface area contributed by atoms with Crippen molar-refractivity contribution in [3.8, 4) is 0 Å². The number of carbonyl (C=O) groups is 1. The summed E-state index contributed by atoms with van der Waals surface area (Å²) >= 11 is 1.83. The van der Waals surface area contributed by atoms with Crippen LogP contribution in [0.5, 0.6) is 0 Å². The minimum Gasteiger partial charge on any atom is -0.337 e. The number of rotatable bonds is 9. The molecule has 0 aromatic heterocycles. The molecular formula is C19H38ClN3OS. The number of carbonyl (C=O) groups excluding carboxylic acids is 1. The van der Waals surface area contributed by atoms with Crippen molar-refractivity contribution in [1.82, 2.24) is 15.1 Å². The summed E-state index contributed by atoms with van der Waals surface area (Å²) in [6.45, 7) is 6.01. The van der Waals surface area contributed by atoms with Gasteiger partial charge < -0.3 is 15.1 Å². The molecule has 4 nitrogen and oxygen atoms in total. The van der Waals surface area contributed by atoms with E-state index in [-0.39, 0.29) is 18.4 Å². The molecule has 2 fully saturated rings. The van der Waals surface area contributed by atoms with E-state index in [0.717, 1.165) is 37.8 Å². The molecule has 2 aliphatic rings. The highest BCUT2D eigenvalue weighted by Gasteiger charge is 2.18. The van der Waals surface area contributed by atoms with Gasteiger partial charge in [-0.25, -0.2) is 4.79 Å². The molecule has 0 atom stereocenters. The van der Waals surface area contributed by atoms with Crippen molar-refractivity contribution < 1.29 is 4.79 Å². The van der Waals surface area contributed by atoms with Crippen LogP contribution in [-0.2, 0) is 0 Å². The third-order valence-electron chi connectivity index (χ3n) is 5.54. The summed E-state index contributed by atoms with van der Waals surface area (Å²) in [5.74, 6) is 1.88. The predicted molar refractivity (Wildman–Crippen MR) is 112 cm³/mol. The van der Waals surface area contributed by atoms with Crippen molar-refractivity contribution in [3.05, 3.63) is 0 Å². The van der Waals surface area contributed by atoms with Crippen molar-refractivity contribution in [3.63, 3.8) is 0 Å². The fraction of sp³-hybridized carbons (Fsp3) is 0.947. The number of urea groups is 1. The Hall–Kier alpha value is -0.130. The number of likely N-dealkylation sites (tertiary alicyclic amines) is 1. The summed E-state index contributed by atoms with van der Waals surface area (Å²) in [6, 6.07) is 0.150. The predicted octanol–water partition coefficient (Wildman–Crippen LogP) is 4.24. The van der Waals surface area contributed by atoms with Crippen LogP contribution in [0, 0.1) is 5.92 Å². The van der Waals surface area contributed by atoms with Crippen molar-refractivity contribution in [2.75, 3.05) is 51.3 Å². The molecule has 1 saturated carbocycles. The highest BCUT2D eigenvalue weighted by atomic mass is 35.5. The average molecular weight is 392 g/mol. The van der Waals surface area contributed by atoms with E-state index in [0.29, 0.717) is 0 Å². The third kappa shape index (κ3) is 9.39. The lowest BCUT2D eigenvalue weighted by atomic mass is 9.87. The first kappa shape index (κ1) is 22.9. The van der Waals surface area contributed by atoms with Crippen LogP contribution < -0.4 is 5.32 Å². The monoisotopic (exact) mass is 391 g/mol. The summed E-state index contributed by atoms with van der Waals surface area (Å²) in [4.78, 5) is 17.1. The Morgan fingerprint density at radius 2 is 1.76 bits per heavy atom. The lowest BCUT2D eigenvalue weighted by Crippen LogP contribution is -2.45. The van der Waals surface area contributed by atoms with Gasteiger partial charge in [0.25, 0.3) is 0 Å². The van der Waals surface area contributed by atoms with E-state index in [1.54, 1.807) is 0 Å². The second kappa shape index (κ2) is 14.0. The topological polar surface area (TPSA) is 35.6 Å². The highest BCUT2D eigenvalue weighted by molar-refractivity contribution is 7.98. The lowest BCUT2D eigenvalue weighted by molar-refractivity contribution is 0.187. The zero-order chi connectivity index (χ0) is 17.0. The van der Waals surface area contributed by atoms with Gasteiger partial charge in [-0.05, 0) is 44.5 Å². The van der Waals surface area contributed by atoms with Gasteiger partial charge in [0.05, 0.1) is 0 Å². The molecule has 25 heavy (non-hydrogen) atoms. The van der Waals surface area contributed by atoms with Gasteiger partial charge in [0, 0.05) is 31.9 Å². The number of amides is 2. The number of nitrogens with zero attached hydrogens (tertiary/aromatic N) is 2. The molecule has 1 aliphatic heterocycles. The fourth-order valence-corrected chi connectivity index (χ4v) is 4.35. The van der Waals surface area contributed by atoms with E-state index in [1.807, 2.05) is 11.8 Å². The molecule has 2 rings (SSSR count). The Morgan fingerprint density at radius 3 is 2.44 bits per heavy atom. The standard InChI is InChI=1S/C19H37N3OS.ClH/c1-24-17-16-22(14-10-18-8-4-2-5-9-18)19(23)20-11-15-21-12-6-3-7-13-21;/h18H,2-17H2,1H3,(H,20,23);1H. The van der Waals surface area contributed by atoms with Crippen molar-refractivity contribution in [2.24, 2.45) is 5.92 Å². The van der Waals surface area contributed by atoms with Gasteiger partial charge in [0.15, 0.2) is 0 Å². The van der Waals surface area contributed by atoms with E-state index < -0.39 is 0 Å². The molecule has 0 bridgehead atoms. The molecule has 1 saturated heterocycles. The number of hydrogen-bond donors (Lipinski definition) is 1. The zero-order valence-electron chi connectivity index (χ0n) is 16.0. The quantitative estimate of drug-likeness (QED) is 0.638. The molecule has 148 valence electrons. The summed E-state index contributed by atoms with van der Waals surface area (Å²) in [5, 5.41) is 3.16. The van der Waals surface area contributed by atoms with Crippen LogP contribution in [0.3, 0.4) is 0 Å². The molecule has 1 aliphatic carbocycles. The van der Waals surface area contributed by atoms with Gasteiger partial charge in [0.1, 0.15) is 0 Å². The van der Waals surface area contributed by atoms with E-state index in [1.165, 1.54) is 70.9 Å². The van der Waals surface area contributed by atoms with Crippen LogP contribution in [0.4, 0.5) is 4.79 Å². The number of halogens is 1. The lowest BCUT2D eigenvalue weighted by Gasteiger charge is -2.29. The van der Waals surface area contributed by atoms with Gasteiger partial charge in [0.2, 0.25) is 0 Å². The number of thioether (sulfide) groups is 1. The minimum atomic E-state index is 0. The molecule has 0 spiro atoms. The van der Waals surface area contributed by atoms with Crippen molar-refractivity contribution >= 4 is 30.2 Å². The summed E-state index contributed by atoms with van der Waals surface area (Å²) in [7, 11) is 0. The average Bonchev–Trinajstić information content (AvgIpc) is 2.63. The number of nitrogens with one attached hydrogen (secondary N) is 1. The molecule has 0 aromatic carbocycles. The Bertz CT molecular complexity index is 348. The highest BCUT2D eigenvalue weighted by Crippen LogP contribution is 2.26. The maximum Gasteiger partial charge on any atom is 0.317 e. The van der Waals surface area contributed by atoms with Crippen LogP contribution in [0.15, 0.2) is 0 Å². The van der Waals surface area contributed by atoms with Crippen molar-refractivity contribution in [2.45, 2.75) is 57.8 Å². The SMILES string of the molecule is CSCCN(CCC1CCCCC1)C(=O)NCCN1CCCCC1.Cl. The first-order valence-corrected chi connectivity index (χ1v) is 11.4. The molecule has 0 unspecified atom stereocenters. The third-order valence-corrected chi connectivity index (χ3v) is 6.13. The fourth-order valence-electron chi connectivity index (χ4n) is 3.95.